The SMILES string of the molecule is O=CO[C](O)OC=O. The van der Waals surface area contributed by atoms with E-state index in [0.717, 1.165) is 0 Å². The van der Waals surface area contributed by atoms with Gasteiger partial charge in [0.05, 0.1) is 0 Å². The summed E-state index contributed by atoms with van der Waals surface area (Å²) in [6.07, 6.45) is 0. The average molecular weight is 119 g/mol. The second-order valence-corrected chi connectivity index (χ2v) is 0.694. The maximum atomic E-state index is 9.29. The zero-order chi connectivity index (χ0) is 6.41. The number of rotatable bonds is 4. The molecule has 0 amide bonds. The topological polar surface area (TPSA) is 72.8 Å². The van der Waals surface area contributed by atoms with Crippen LogP contribution in [0.25, 0.3) is 0 Å². The van der Waals surface area contributed by atoms with Crippen LogP contribution in [-0.2, 0) is 19.1 Å². The Hall–Kier alpha value is -1.10. The molecule has 0 rings (SSSR count). The third-order valence-electron chi connectivity index (χ3n) is 0.298. The Morgan fingerprint density at radius 3 is 1.88 bits per heavy atom. The number of carbonyl (C=O) groups excluding carboxylic acids is 2. The van der Waals surface area contributed by atoms with E-state index in [9.17, 15) is 9.59 Å². The van der Waals surface area contributed by atoms with Crippen molar-refractivity contribution in [3.63, 3.8) is 0 Å². The van der Waals surface area contributed by atoms with Gasteiger partial charge in [-0.15, -0.1) is 0 Å². The van der Waals surface area contributed by atoms with Crippen molar-refractivity contribution < 1.29 is 24.2 Å². The molecule has 0 aliphatic heterocycles. The van der Waals surface area contributed by atoms with Gasteiger partial charge in [-0.05, 0) is 0 Å². The Morgan fingerprint density at radius 2 is 1.62 bits per heavy atom. The second-order valence-electron chi connectivity index (χ2n) is 0.694. The lowest BCUT2D eigenvalue weighted by molar-refractivity contribution is -0.172. The molecule has 0 aromatic carbocycles. The predicted molar refractivity (Wildman–Crippen MR) is 19.5 cm³/mol. The lowest BCUT2D eigenvalue weighted by Crippen LogP contribution is -2.03. The second kappa shape index (κ2) is 4.07. The van der Waals surface area contributed by atoms with Crippen molar-refractivity contribution in [3.05, 3.63) is 6.48 Å². The summed E-state index contributed by atoms with van der Waals surface area (Å²) in [5.74, 6) is 0. The minimum atomic E-state index is -1.07. The molecule has 5 heteroatoms. The van der Waals surface area contributed by atoms with Gasteiger partial charge in [0.25, 0.3) is 12.9 Å². The van der Waals surface area contributed by atoms with Crippen LogP contribution in [0.4, 0.5) is 0 Å². The Labute approximate surface area is 44.8 Å². The van der Waals surface area contributed by atoms with E-state index in [-0.39, 0.29) is 12.9 Å². The molecular formula is C3H3O5. The first-order valence-corrected chi connectivity index (χ1v) is 1.57. The molecule has 8 heavy (non-hydrogen) atoms. The van der Waals surface area contributed by atoms with E-state index in [1.807, 2.05) is 0 Å². The Balaban J connectivity index is 3.16. The molecule has 0 spiro atoms. The Morgan fingerprint density at radius 1 is 1.25 bits per heavy atom. The molecule has 0 aromatic heterocycles. The average Bonchev–Trinajstić information content (AvgIpc) is 1.68. The summed E-state index contributed by atoms with van der Waals surface area (Å²) in [6, 6.07) is 0. The smallest absolute Gasteiger partial charge is 0.392 e. The zero-order valence-corrected chi connectivity index (χ0v) is 3.73. The molecule has 0 saturated heterocycles. The van der Waals surface area contributed by atoms with Gasteiger partial charge >= 0.3 is 6.48 Å². The molecule has 0 saturated carbocycles. The van der Waals surface area contributed by atoms with Gasteiger partial charge in [-0.3, -0.25) is 9.59 Å². The molecule has 1 radical (unpaired) electrons. The highest BCUT2D eigenvalue weighted by Crippen LogP contribution is 1.91. The summed E-state index contributed by atoms with van der Waals surface area (Å²) in [5, 5.41) is 8.06. The van der Waals surface area contributed by atoms with Crippen molar-refractivity contribution in [1.82, 2.24) is 0 Å². The Kier molecular flexibility index (Phi) is 3.51. The van der Waals surface area contributed by atoms with Crippen LogP contribution < -0.4 is 0 Å². The van der Waals surface area contributed by atoms with Crippen LogP contribution in [0.3, 0.4) is 0 Å². The van der Waals surface area contributed by atoms with Gasteiger partial charge in [0, 0.05) is 0 Å². The fourth-order valence-electron chi connectivity index (χ4n) is 0.110. The largest absolute Gasteiger partial charge is 0.487 e. The maximum Gasteiger partial charge on any atom is 0.487 e. The highest BCUT2D eigenvalue weighted by Gasteiger charge is 2.04. The van der Waals surface area contributed by atoms with Crippen molar-refractivity contribution in [2.75, 3.05) is 0 Å². The van der Waals surface area contributed by atoms with Crippen LogP contribution in [0.1, 0.15) is 0 Å². The monoisotopic (exact) mass is 119 g/mol. The first kappa shape index (κ1) is 6.90. The van der Waals surface area contributed by atoms with Crippen LogP contribution in [0, 0.1) is 6.48 Å². The highest BCUT2D eigenvalue weighted by molar-refractivity contribution is 5.41. The minimum absolute atomic E-state index is 0.0706. The summed E-state index contributed by atoms with van der Waals surface area (Å²) in [4.78, 5) is 18.6. The molecule has 0 fully saturated rings. The van der Waals surface area contributed by atoms with E-state index >= 15 is 0 Å². The standard InChI is InChI=1S/C3H3O5/c4-1-7-3(6)8-2-5/h1-2,6H. The van der Waals surface area contributed by atoms with Crippen LogP contribution in [-0.4, -0.2) is 18.1 Å². The normalized spacial score (nSPS) is 8.25. The summed E-state index contributed by atoms with van der Waals surface area (Å²) in [7, 11) is 0. The number of hydrogen-bond acceptors (Lipinski definition) is 5. The van der Waals surface area contributed by atoms with E-state index in [2.05, 4.69) is 9.47 Å². The first-order valence-electron chi connectivity index (χ1n) is 1.57. The molecule has 5 nitrogen and oxygen atoms in total. The van der Waals surface area contributed by atoms with E-state index in [1.54, 1.807) is 0 Å². The molecule has 0 bridgehead atoms. The molecule has 45 valence electrons. The van der Waals surface area contributed by atoms with Crippen LogP contribution in [0.5, 0.6) is 0 Å². The van der Waals surface area contributed by atoms with E-state index in [0.29, 0.717) is 0 Å². The molecule has 0 atom stereocenters. The molecule has 0 aromatic rings. The summed E-state index contributed by atoms with van der Waals surface area (Å²) in [5.41, 5.74) is 0. The fourth-order valence-corrected chi connectivity index (χ4v) is 0.110. The van der Waals surface area contributed by atoms with Gasteiger partial charge in [0.1, 0.15) is 0 Å². The first-order chi connectivity index (χ1) is 3.81. The van der Waals surface area contributed by atoms with Crippen LogP contribution in [0.15, 0.2) is 0 Å². The van der Waals surface area contributed by atoms with Gasteiger partial charge in [-0.2, -0.15) is 0 Å². The summed E-state index contributed by atoms with van der Waals surface area (Å²) >= 11 is 0. The zero-order valence-electron chi connectivity index (χ0n) is 3.73. The minimum Gasteiger partial charge on any atom is -0.392 e. The molecule has 0 heterocycles. The Bertz CT molecular complexity index is 69.7. The van der Waals surface area contributed by atoms with Gasteiger partial charge in [-0.1, -0.05) is 0 Å². The third kappa shape index (κ3) is 3.10. The summed E-state index contributed by atoms with van der Waals surface area (Å²) < 4.78 is 7.24. The van der Waals surface area contributed by atoms with Gasteiger partial charge in [0.2, 0.25) is 0 Å². The molecule has 0 unspecified atom stereocenters. The number of aliphatic hydroxyl groups excluding tert-OH is 1. The lowest BCUT2D eigenvalue weighted by Gasteiger charge is -1.97. The number of aliphatic hydroxyl groups is 1. The van der Waals surface area contributed by atoms with Gasteiger partial charge in [-0.25, -0.2) is 0 Å². The van der Waals surface area contributed by atoms with Crippen molar-refractivity contribution in [2.45, 2.75) is 0 Å². The van der Waals surface area contributed by atoms with Gasteiger partial charge in [0.15, 0.2) is 0 Å². The summed E-state index contributed by atoms with van der Waals surface area (Å²) in [6.45, 7) is -1.22. The molecule has 0 aliphatic carbocycles. The molecule has 1 N–H and O–H groups in total. The number of carbonyl (C=O) groups is 2. The number of hydrogen-bond donors (Lipinski definition) is 1. The van der Waals surface area contributed by atoms with E-state index in [4.69, 9.17) is 5.11 Å². The van der Waals surface area contributed by atoms with Crippen LogP contribution in [0.2, 0.25) is 0 Å². The third-order valence-corrected chi connectivity index (χ3v) is 0.298. The fraction of sp³-hybridized carbons (Fsp3) is 0. The van der Waals surface area contributed by atoms with E-state index < -0.39 is 6.48 Å². The highest BCUT2D eigenvalue weighted by atomic mass is 16.8. The number of ether oxygens (including phenoxy) is 2. The van der Waals surface area contributed by atoms with Crippen molar-refractivity contribution in [1.29, 1.82) is 0 Å². The van der Waals surface area contributed by atoms with Crippen molar-refractivity contribution in [3.8, 4) is 0 Å². The molecular weight excluding hydrogens is 116 g/mol. The van der Waals surface area contributed by atoms with E-state index in [1.165, 1.54) is 0 Å². The maximum absolute atomic E-state index is 9.29. The van der Waals surface area contributed by atoms with Crippen molar-refractivity contribution >= 4 is 12.9 Å². The molecule has 0 aliphatic rings. The van der Waals surface area contributed by atoms with Gasteiger partial charge < -0.3 is 14.6 Å². The predicted octanol–water partition coefficient (Wildman–Crippen LogP) is -0.848. The van der Waals surface area contributed by atoms with Crippen LogP contribution >= 0.6 is 0 Å². The van der Waals surface area contributed by atoms with Crippen molar-refractivity contribution in [2.24, 2.45) is 0 Å². The quantitative estimate of drug-likeness (QED) is 0.488. The lowest BCUT2D eigenvalue weighted by atomic mass is 11.2.